The van der Waals surface area contributed by atoms with Crippen LogP contribution in [0.3, 0.4) is 0 Å². The fourth-order valence-corrected chi connectivity index (χ4v) is 3.14. The molecule has 0 aliphatic rings. The van der Waals surface area contributed by atoms with E-state index in [-0.39, 0.29) is 17.1 Å². The van der Waals surface area contributed by atoms with Crippen molar-refractivity contribution in [2.75, 3.05) is 12.8 Å². The number of rotatable bonds is 5. The predicted octanol–water partition coefficient (Wildman–Crippen LogP) is 2.41. The molecule has 2 aromatic carbocycles. The Morgan fingerprint density at radius 2 is 2.00 bits per heavy atom. The molecule has 0 bridgehead atoms. The quantitative estimate of drug-likeness (QED) is 0.827. The van der Waals surface area contributed by atoms with E-state index < -0.39 is 10.0 Å². The number of sulfonamides is 1. The molecule has 0 radical (unpaired) electrons. The number of halogens is 1. The summed E-state index contributed by atoms with van der Waals surface area (Å²) < 4.78 is 32.0. The van der Waals surface area contributed by atoms with Crippen molar-refractivity contribution in [3.8, 4) is 5.75 Å². The van der Waals surface area contributed by atoms with Gasteiger partial charge < -0.3 is 10.5 Å². The highest BCUT2D eigenvalue weighted by atomic mass is 35.5. The molecule has 0 fully saturated rings. The molecule has 0 unspecified atom stereocenters. The minimum atomic E-state index is -3.70. The molecule has 5 nitrogen and oxygen atoms in total. The van der Waals surface area contributed by atoms with Crippen molar-refractivity contribution in [2.45, 2.75) is 11.4 Å². The molecule has 0 aliphatic carbocycles. The zero-order valence-corrected chi connectivity index (χ0v) is 12.9. The van der Waals surface area contributed by atoms with Gasteiger partial charge in [0.05, 0.1) is 12.8 Å². The third kappa shape index (κ3) is 3.87. The number of nitrogens with two attached hydrogens (primary N) is 1. The minimum absolute atomic E-state index is 0.0188. The molecule has 2 aromatic rings. The first-order valence-electron chi connectivity index (χ1n) is 6.10. The van der Waals surface area contributed by atoms with Gasteiger partial charge in [0.1, 0.15) is 10.6 Å². The van der Waals surface area contributed by atoms with Crippen molar-refractivity contribution in [3.63, 3.8) is 0 Å². The first-order valence-corrected chi connectivity index (χ1v) is 7.96. The maximum absolute atomic E-state index is 12.2. The summed E-state index contributed by atoms with van der Waals surface area (Å²) in [4.78, 5) is 0.0188. The standard InChI is InChI=1S/C14H15ClN2O3S/c1-20-12-5-6-14(13(16)8-12)21(18,19)17-9-10-3-2-4-11(15)7-10/h2-8,17H,9,16H2,1H3. The molecule has 0 amide bonds. The second-order valence-electron chi connectivity index (χ2n) is 4.36. The van der Waals surface area contributed by atoms with E-state index in [4.69, 9.17) is 22.1 Å². The lowest BCUT2D eigenvalue weighted by atomic mass is 10.2. The lowest BCUT2D eigenvalue weighted by Crippen LogP contribution is -2.24. The van der Waals surface area contributed by atoms with Crippen molar-refractivity contribution >= 4 is 27.3 Å². The lowest BCUT2D eigenvalue weighted by molar-refractivity contribution is 0.414. The highest BCUT2D eigenvalue weighted by Gasteiger charge is 2.17. The molecular weight excluding hydrogens is 312 g/mol. The van der Waals surface area contributed by atoms with Gasteiger partial charge in [-0.2, -0.15) is 0 Å². The van der Waals surface area contributed by atoms with Crippen LogP contribution in [0.25, 0.3) is 0 Å². The Labute approximate surface area is 128 Å². The van der Waals surface area contributed by atoms with Gasteiger partial charge in [0.15, 0.2) is 0 Å². The molecule has 0 atom stereocenters. The van der Waals surface area contributed by atoms with Crippen LogP contribution in [0.4, 0.5) is 5.69 Å². The summed E-state index contributed by atoms with van der Waals surface area (Å²) in [6.07, 6.45) is 0. The van der Waals surface area contributed by atoms with E-state index in [0.717, 1.165) is 5.56 Å². The highest BCUT2D eigenvalue weighted by Crippen LogP contribution is 2.23. The van der Waals surface area contributed by atoms with Gasteiger partial charge in [-0.1, -0.05) is 23.7 Å². The van der Waals surface area contributed by atoms with Crippen LogP contribution in [-0.2, 0) is 16.6 Å². The number of anilines is 1. The van der Waals surface area contributed by atoms with Crippen LogP contribution in [-0.4, -0.2) is 15.5 Å². The monoisotopic (exact) mass is 326 g/mol. The molecule has 112 valence electrons. The number of nitrogen functional groups attached to an aromatic ring is 1. The summed E-state index contributed by atoms with van der Waals surface area (Å²) in [6.45, 7) is 0.133. The summed E-state index contributed by atoms with van der Waals surface area (Å²) in [5.74, 6) is 0.501. The summed E-state index contributed by atoms with van der Waals surface area (Å²) in [5.41, 5.74) is 6.65. The van der Waals surface area contributed by atoms with Gasteiger partial charge in [-0.15, -0.1) is 0 Å². The van der Waals surface area contributed by atoms with Crippen LogP contribution >= 0.6 is 11.6 Å². The topological polar surface area (TPSA) is 81.4 Å². The number of hydrogen-bond acceptors (Lipinski definition) is 4. The van der Waals surface area contributed by atoms with Crippen molar-refractivity contribution in [1.82, 2.24) is 4.72 Å². The maximum Gasteiger partial charge on any atom is 0.242 e. The zero-order chi connectivity index (χ0) is 15.5. The SMILES string of the molecule is COc1ccc(S(=O)(=O)NCc2cccc(Cl)c2)c(N)c1. The average molecular weight is 327 g/mol. The van der Waals surface area contributed by atoms with Gasteiger partial charge >= 0.3 is 0 Å². The van der Waals surface area contributed by atoms with Crippen molar-refractivity contribution in [2.24, 2.45) is 0 Å². The molecule has 21 heavy (non-hydrogen) atoms. The summed E-state index contributed by atoms with van der Waals surface area (Å²) in [5, 5.41) is 0.552. The normalized spacial score (nSPS) is 11.3. The van der Waals surface area contributed by atoms with Crippen molar-refractivity contribution in [3.05, 3.63) is 53.1 Å². The van der Waals surface area contributed by atoms with Gasteiger partial charge in [0, 0.05) is 17.6 Å². The number of hydrogen-bond donors (Lipinski definition) is 2. The minimum Gasteiger partial charge on any atom is -0.497 e. The third-order valence-corrected chi connectivity index (χ3v) is 4.57. The highest BCUT2D eigenvalue weighted by molar-refractivity contribution is 7.89. The third-order valence-electron chi connectivity index (χ3n) is 2.86. The molecule has 0 spiro atoms. The Morgan fingerprint density at radius 1 is 1.24 bits per heavy atom. The van der Waals surface area contributed by atoms with Crippen LogP contribution in [0.5, 0.6) is 5.75 Å². The maximum atomic E-state index is 12.2. The first kappa shape index (κ1) is 15.6. The number of nitrogens with one attached hydrogen (secondary N) is 1. The smallest absolute Gasteiger partial charge is 0.242 e. The Balaban J connectivity index is 2.19. The molecule has 0 saturated carbocycles. The van der Waals surface area contributed by atoms with Crippen LogP contribution in [0.1, 0.15) is 5.56 Å². The largest absolute Gasteiger partial charge is 0.497 e. The van der Waals surface area contributed by atoms with Crippen LogP contribution < -0.4 is 15.2 Å². The van der Waals surface area contributed by atoms with Crippen molar-refractivity contribution < 1.29 is 13.2 Å². The predicted molar refractivity (Wildman–Crippen MR) is 82.9 cm³/mol. The Hall–Kier alpha value is -1.76. The molecule has 0 heterocycles. The molecule has 2 rings (SSSR count). The van der Waals surface area contributed by atoms with E-state index in [0.29, 0.717) is 10.8 Å². The Bertz CT molecular complexity index is 748. The van der Waals surface area contributed by atoms with E-state index in [1.807, 2.05) is 0 Å². The molecule has 0 saturated heterocycles. The van der Waals surface area contributed by atoms with Gasteiger partial charge in [-0.25, -0.2) is 13.1 Å². The fraction of sp³-hybridized carbons (Fsp3) is 0.143. The van der Waals surface area contributed by atoms with Gasteiger partial charge in [0.2, 0.25) is 10.0 Å². The molecular formula is C14H15ClN2O3S. The summed E-state index contributed by atoms with van der Waals surface area (Å²) >= 11 is 5.86. The van der Waals surface area contributed by atoms with Gasteiger partial charge in [0.25, 0.3) is 0 Å². The second kappa shape index (κ2) is 6.34. The molecule has 0 aliphatic heterocycles. The average Bonchev–Trinajstić information content (AvgIpc) is 2.45. The summed E-state index contributed by atoms with van der Waals surface area (Å²) in [7, 11) is -2.21. The van der Waals surface area contributed by atoms with E-state index in [1.165, 1.54) is 19.2 Å². The van der Waals surface area contributed by atoms with Crippen molar-refractivity contribution in [1.29, 1.82) is 0 Å². The number of methoxy groups -OCH3 is 1. The summed E-state index contributed by atoms with van der Waals surface area (Å²) in [6, 6.07) is 11.4. The van der Waals surface area contributed by atoms with E-state index in [2.05, 4.69) is 4.72 Å². The van der Waals surface area contributed by atoms with E-state index >= 15 is 0 Å². The van der Waals surface area contributed by atoms with Crippen LogP contribution in [0, 0.1) is 0 Å². The number of ether oxygens (including phenoxy) is 1. The van der Waals surface area contributed by atoms with Gasteiger partial charge in [-0.3, -0.25) is 0 Å². The zero-order valence-electron chi connectivity index (χ0n) is 11.3. The molecule has 7 heteroatoms. The molecule has 0 aromatic heterocycles. The second-order valence-corrected chi connectivity index (χ2v) is 6.53. The first-order chi connectivity index (χ1) is 9.92. The van der Waals surface area contributed by atoms with Crippen LogP contribution in [0.2, 0.25) is 5.02 Å². The Morgan fingerprint density at radius 3 is 2.62 bits per heavy atom. The fourth-order valence-electron chi connectivity index (χ4n) is 1.80. The van der Waals surface area contributed by atoms with Crippen LogP contribution in [0.15, 0.2) is 47.4 Å². The number of benzene rings is 2. The lowest BCUT2D eigenvalue weighted by Gasteiger charge is -2.10. The van der Waals surface area contributed by atoms with Gasteiger partial charge in [-0.05, 0) is 29.8 Å². The Kier molecular flexibility index (Phi) is 4.72. The molecule has 3 N–H and O–H groups in total. The van der Waals surface area contributed by atoms with E-state index in [1.54, 1.807) is 30.3 Å². The van der Waals surface area contributed by atoms with E-state index in [9.17, 15) is 8.42 Å².